The summed E-state index contributed by atoms with van der Waals surface area (Å²) in [7, 11) is 1.77. The minimum atomic E-state index is -0.384. The number of aromatic nitrogens is 4. The van der Waals surface area contributed by atoms with Crippen molar-refractivity contribution < 1.29 is 4.39 Å². The zero-order chi connectivity index (χ0) is 11.5. The topological polar surface area (TPSA) is 55.6 Å². The van der Waals surface area contributed by atoms with E-state index in [1.807, 2.05) is 0 Å². The van der Waals surface area contributed by atoms with Crippen LogP contribution in [0.15, 0.2) is 18.2 Å². The summed E-state index contributed by atoms with van der Waals surface area (Å²) in [5, 5.41) is 14.4. The van der Waals surface area contributed by atoms with Crippen LogP contribution < -0.4 is 5.32 Å². The Bertz CT molecular complexity index is 498. The van der Waals surface area contributed by atoms with Crippen LogP contribution in [0.5, 0.6) is 0 Å². The van der Waals surface area contributed by atoms with Crippen molar-refractivity contribution in [3.8, 4) is 5.69 Å². The zero-order valence-electron chi connectivity index (χ0n) is 8.48. The molecule has 7 heteroatoms. The number of benzene rings is 1. The van der Waals surface area contributed by atoms with Crippen LogP contribution in [0.3, 0.4) is 0 Å². The van der Waals surface area contributed by atoms with Crippen LogP contribution >= 0.6 is 11.6 Å². The van der Waals surface area contributed by atoms with Gasteiger partial charge in [0.25, 0.3) is 0 Å². The maximum atomic E-state index is 13.1. The second kappa shape index (κ2) is 4.54. The lowest BCUT2D eigenvalue weighted by Crippen LogP contribution is -2.12. The van der Waals surface area contributed by atoms with E-state index in [2.05, 4.69) is 20.8 Å². The predicted octanol–water partition coefficient (Wildman–Crippen LogP) is 1.17. The van der Waals surface area contributed by atoms with Gasteiger partial charge in [0.2, 0.25) is 0 Å². The Morgan fingerprint density at radius 3 is 3.06 bits per heavy atom. The molecule has 2 rings (SSSR count). The van der Waals surface area contributed by atoms with Gasteiger partial charge in [-0.1, -0.05) is 11.6 Å². The summed E-state index contributed by atoms with van der Waals surface area (Å²) in [6.07, 6.45) is 0. The summed E-state index contributed by atoms with van der Waals surface area (Å²) >= 11 is 5.96. The molecular formula is C9H9ClFN5. The molecule has 1 aromatic heterocycles. The summed E-state index contributed by atoms with van der Waals surface area (Å²) in [4.78, 5) is 0. The standard InChI is InChI=1S/C9H9ClFN5/c1-12-5-9-13-14-15-16(9)8-4-6(11)2-3-7(8)10/h2-4,12H,5H2,1H3. The van der Waals surface area contributed by atoms with Gasteiger partial charge in [-0.25, -0.2) is 4.39 Å². The average molecular weight is 242 g/mol. The third-order valence-corrected chi connectivity index (χ3v) is 2.32. The van der Waals surface area contributed by atoms with Gasteiger partial charge in [0.15, 0.2) is 5.82 Å². The van der Waals surface area contributed by atoms with Crippen LogP contribution in [0, 0.1) is 5.82 Å². The molecule has 1 N–H and O–H groups in total. The molecule has 16 heavy (non-hydrogen) atoms. The Morgan fingerprint density at radius 2 is 2.31 bits per heavy atom. The number of hydrogen-bond acceptors (Lipinski definition) is 4. The van der Waals surface area contributed by atoms with Crippen LogP contribution in [0.1, 0.15) is 5.82 Å². The molecular weight excluding hydrogens is 233 g/mol. The highest BCUT2D eigenvalue weighted by Crippen LogP contribution is 2.21. The number of halogens is 2. The van der Waals surface area contributed by atoms with Crippen molar-refractivity contribution in [1.82, 2.24) is 25.5 Å². The molecule has 0 atom stereocenters. The SMILES string of the molecule is CNCc1nnnn1-c1cc(F)ccc1Cl. The third kappa shape index (κ3) is 2.02. The molecule has 0 amide bonds. The second-order valence-corrected chi connectivity index (χ2v) is 3.54. The fraction of sp³-hybridized carbons (Fsp3) is 0.222. The van der Waals surface area contributed by atoms with E-state index in [0.29, 0.717) is 23.1 Å². The van der Waals surface area contributed by atoms with Crippen LogP contribution in [-0.4, -0.2) is 27.3 Å². The van der Waals surface area contributed by atoms with Crippen molar-refractivity contribution in [2.24, 2.45) is 0 Å². The Balaban J connectivity index is 2.49. The minimum absolute atomic E-state index is 0.384. The van der Waals surface area contributed by atoms with Crippen molar-refractivity contribution in [3.05, 3.63) is 34.9 Å². The maximum Gasteiger partial charge on any atom is 0.170 e. The summed E-state index contributed by atoms with van der Waals surface area (Å²) in [5.74, 6) is 0.181. The molecule has 1 aromatic carbocycles. The number of nitrogens with zero attached hydrogens (tertiary/aromatic N) is 4. The average Bonchev–Trinajstić information content (AvgIpc) is 2.70. The Hall–Kier alpha value is -1.53. The van der Waals surface area contributed by atoms with E-state index >= 15 is 0 Å². The summed E-state index contributed by atoms with van der Waals surface area (Å²) in [6.45, 7) is 0.472. The maximum absolute atomic E-state index is 13.1. The molecule has 0 radical (unpaired) electrons. The molecule has 1 heterocycles. The molecule has 5 nitrogen and oxygen atoms in total. The fourth-order valence-electron chi connectivity index (χ4n) is 1.31. The van der Waals surface area contributed by atoms with Gasteiger partial charge in [-0.2, -0.15) is 4.68 Å². The molecule has 0 aliphatic rings. The first kappa shape index (κ1) is 11.0. The van der Waals surface area contributed by atoms with Gasteiger partial charge >= 0.3 is 0 Å². The minimum Gasteiger partial charge on any atom is -0.313 e. The van der Waals surface area contributed by atoms with Gasteiger partial charge in [-0.3, -0.25) is 0 Å². The van der Waals surface area contributed by atoms with Gasteiger partial charge in [0.1, 0.15) is 5.82 Å². The second-order valence-electron chi connectivity index (χ2n) is 3.13. The molecule has 0 aliphatic heterocycles. The van der Waals surface area contributed by atoms with Gasteiger partial charge in [0, 0.05) is 6.07 Å². The van der Waals surface area contributed by atoms with Crippen LogP contribution in [0.2, 0.25) is 5.02 Å². The van der Waals surface area contributed by atoms with Gasteiger partial charge in [-0.05, 0) is 29.6 Å². The van der Waals surface area contributed by atoms with Crippen molar-refractivity contribution in [1.29, 1.82) is 0 Å². The number of nitrogens with one attached hydrogen (secondary N) is 1. The molecule has 0 fully saturated rings. The van der Waals surface area contributed by atoms with Crippen molar-refractivity contribution >= 4 is 11.6 Å². The van der Waals surface area contributed by atoms with Gasteiger partial charge < -0.3 is 5.32 Å². The number of rotatable bonds is 3. The smallest absolute Gasteiger partial charge is 0.170 e. The first-order valence-electron chi connectivity index (χ1n) is 4.59. The molecule has 0 saturated carbocycles. The highest BCUT2D eigenvalue weighted by molar-refractivity contribution is 6.32. The van der Waals surface area contributed by atoms with E-state index in [0.717, 1.165) is 0 Å². The lowest BCUT2D eigenvalue weighted by molar-refractivity contribution is 0.623. The van der Waals surface area contributed by atoms with Crippen molar-refractivity contribution in [2.45, 2.75) is 6.54 Å². The Morgan fingerprint density at radius 1 is 1.50 bits per heavy atom. The van der Waals surface area contributed by atoms with E-state index in [9.17, 15) is 4.39 Å². The summed E-state index contributed by atoms with van der Waals surface area (Å²) < 4.78 is 14.5. The quantitative estimate of drug-likeness (QED) is 0.877. The largest absolute Gasteiger partial charge is 0.313 e. The van der Waals surface area contributed by atoms with Gasteiger partial charge in [-0.15, -0.1) is 5.10 Å². The summed E-state index contributed by atoms with van der Waals surface area (Å²) in [6, 6.07) is 4.04. The van der Waals surface area contributed by atoms with E-state index < -0.39 is 0 Å². The highest BCUT2D eigenvalue weighted by Gasteiger charge is 2.11. The lowest BCUT2D eigenvalue weighted by Gasteiger charge is -2.05. The van der Waals surface area contributed by atoms with E-state index in [4.69, 9.17) is 11.6 Å². The Labute approximate surface area is 96.2 Å². The molecule has 0 unspecified atom stereocenters. The molecule has 84 valence electrons. The number of hydrogen-bond donors (Lipinski definition) is 1. The first-order valence-corrected chi connectivity index (χ1v) is 4.97. The Kier molecular flexibility index (Phi) is 3.12. The summed E-state index contributed by atoms with van der Waals surface area (Å²) in [5.41, 5.74) is 0.428. The molecule has 0 saturated heterocycles. The van der Waals surface area contributed by atoms with Crippen LogP contribution in [0.25, 0.3) is 5.69 Å². The van der Waals surface area contributed by atoms with E-state index in [1.54, 1.807) is 7.05 Å². The lowest BCUT2D eigenvalue weighted by atomic mass is 10.3. The van der Waals surface area contributed by atoms with Gasteiger partial charge in [0.05, 0.1) is 17.3 Å². The predicted molar refractivity (Wildman–Crippen MR) is 56.9 cm³/mol. The number of tetrazole rings is 1. The molecule has 0 spiro atoms. The molecule has 2 aromatic rings. The fourth-order valence-corrected chi connectivity index (χ4v) is 1.51. The van der Waals surface area contributed by atoms with E-state index in [1.165, 1.54) is 22.9 Å². The molecule has 0 bridgehead atoms. The van der Waals surface area contributed by atoms with Crippen molar-refractivity contribution in [2.75, 3.05) is 7.05 Å². The first-order chi connectivity index (χ1) is 7.72. The zero-order valence-corrected chi connectivity index (χ0v) is 9.24. The molecule has 0 aliphatic carbocycles. The van der Waals surface area contributed by atoms with Crippen LogP contribution in [-0.2, 0) is 6.54 Å². The van der Waals surface area contributed by atoms with Crippen LogP contribution in [0.4, 0.5) is 4.39 Å². The highest BCUT2D eigenvalue weighted by atomic mass is 35.5. The van der Waals surface area contributed by atoms with Crippen molar-refractivity contribution in [3.63, 3.8) is 0 Å². The normalized spacial score (nSPS) is 10.7. The van der Waals surface area contributed by atoms with E-state index in [-0.39, 0.29) is 5.82 Å². The third-order valence-electron chi connectivity index (χ3n) is 2.01. The monoisotopic (exact) mass is 241 g/mol.